The summed E-state index contributed by atoms with van der Waals surface area (Å²) in [5, 5.41) is 11.7. The first-order valence-electron chi connectivity index (χ1n) is 5.05. The number of nitrogens with zero attached hydrogens (tertiary/aromatic N) is 3. The highest BCUT2D eigenvalue weighted by molar-refractivity contribution is 5.57. The van der Waals surface area contributed by atoms with E-state index in [2.05, 4.69) is 15.3 Å². The van der Waals surface area contributed by atoms with E-state index >= 15 is 0 Å². The van der Waals surface area contributed by atoms with E-state index in [1.54, 1.807) is 0 Å². The van der Waals surface area contributed by atoms with Crippen LogP contribution in [0, 0.1) is 18.3 Å². The zero-order chi connectivity index (χ0) is 12.3. The molecule has 1 aromatic carbocycles. The molecule has 0 aliphatic rings. The molecule has 0 unspecified atom stereocenters. The Kier molecular flexibility index (Phi) is 2.88. The second-order valence-electron chi connectivity index (χ2n) is 3.60. The molecule has 2 aromatic rings. The third kappa shape index (κ3) is 2.49. The Hall–Kier alpha value is -2.61. The van der Waals surface area contributed by atoms with E-state index in [0.29, 0.717) is 5.95 Å². The molecule has 0 bridgehead atoms. The van der Waals surface area contributed by atoms with Crippen LogP contribution in [0.15, 0.2) is 30.5 Å². The summed E-state index contributed by atoms with van der Waals surface area (Å²) in [6.07, 6.45) is 1.40. The minimum absolute atomic E-state index is 0.178. The average Bonchev–Trinajstić information content (AvgIpc) is 2.29. The van der Waals surface area contributed by atoms with Crippen LogP contribution in [0.1, 0.15) is 11.1 Å². The predicted molar refractivity (Wildman–Crippen MR) is 65.6 cm³/mol. The summed E-state index contributed by atoms with van der Waals surface area (Å²) < 4.78 is 0. The van der Waals surface area contributed by atoms with E-state index in [0.717, 1.165) is 11.3 Å². The second kappa shape index (κ2) is 4.49. The van der Waals surface area contributed by atoms with Crippen LogP contribution in [0.4, 0.5) is 17.5 Å². The smallest absolute Gasteiger partial charge is 0.229 e. The van der Waals surface area contributed by atoms with Crippen LogP contribution in [0.5, 0.6) is 0 Å². The van der Waals surface area contributed by atoms with E-state index < -0.39 is 0 Å². The van der Waals surface area contributed by atoms with Crippen LogP contribution in [0.3, 0.4) is 0 Å². The molecule has 0 saturated heterocycles. The van der Waals surface area contributed by atoms with Gasteiger partial charge in [-0.3, -0.25) is 0 Å². The number of hydrogen-bond donors (Lipinski definition) is 2. The van der Waals surface area contributed by atoms with Gasteiger partial charge in [0.05, 0.1) is 6.20 Å². The number of rotatable bonds is 2. The molecule has 0 aliphatic carbocycles. The topological polar surface area (TPSA) is 87.6 Å². The molecule has 2 rings (SSSR count). The van der Waals surface area contributed by atoms with Crippen molar-refractivity contribution in [2.24, 2.45) is 0 Å². The maximum Gasteiger partial charge on any atom is 0.229 e. The molecule has 0 fully saturated rings. The molecule has 1 heterocycles. The van der Waals surface area contributed by atoms with Gasteiger partial charge in [-0.05, 0) is 24.6 Å². The first kappa shape index (κ1) is 10.9. The molecular weight excluding hydrogens is 214 g/mol. The van der Waals surface area contributed by atoms with Gasteiger partial charge in [0.1, 0.15) is 17.5 Å². The fourth-order valence-corrected chi connectivity index (χ4v) is 1.39. The van der Waals surface area contributed by atoms with Gasteiger partial charge < -0.3 is 11.1 Å². The highest BCUT2D eigenvalue weighted by Crippen LogP contribution is 2.15. The molecule has 84 valence electrons. The predicted octanol–water partition coefficient (Wildman–Crippen LogP) is 1.98. The van der Waals surface area contributed by atoms with Crippen molar-refractivity contribution in [1.82, 2.24) is 9.97 Å². The Morgan fingerprint density at radius 2 is 2.24 bits per heavy atom. The van der Waals surface area contributed by atoms with Gasteiger partial charge in [-0.1, -0.05) is 12.1 Å². The monoisotopic (exact) mass is 225 g/mol. The van der Waals surface area contributed by atoms with Gasteiger partial charge in [0, 0.05) is 5.69 Å². The van der Waals surface area contributed by atoms with Gasteiger partial charge in [-0.15, -0.1) is 0 Å². The average molecular weight is 225 g/mol. The normalized spacial score (nSPS) is 9.65. The standard InChI is InChI=1S/C12H11N5/c1-8-3-2-4-10(5-8)16-12-15-7-9(6-13)11(14)17-12/h2-5,7H,1H3,(H3,14,15,16,17). The Morgan fingerprint density at radius 3 is 2.88 bits per heavy atom. The van der Waals surface area contributed by atoms with E-state index in [9.17, 15) is 0 Å². The quantitative estimate of drug-likeness (QED) is 0.815. The molecule has 0 amide bonds. The summed E-state index contributed by atoms with van der Waals surface area (Å²) in [5.41, 5.74) is 7.90. The van der Waals surface area contributed by atoms with Crippen molar-refractivity contribution in [2.75, 3.05) is 11.1 Å². The number of anilines is 3. The third-order valence-corrected chi connectivity index (χ3v) is 2.21. The van der Waals surface area contributed by atoms with Gasteiger partial charge in [0.2, 0.25) is 5.95 Å². The molecule has 0 saturated carbocycles. The fraction of sp³-hybridized carbons (Fsp3) is 0.0833. The maximum atomic E-state index is 8.71. The maximum absolute atomic E-state index is 8.71. The fourth-order valence-electron chi connectivity index (χ4n) is 1.39. The van der Waals surface area contributed by atoms with Gasteiger partial charge in [-0.2, -0.15) is 10.2 Å². The summed E-state index contributed by atoms with van der Waals surface area (Å²) in [6, 6.07) is 9.73. The second-order valence-corrected chi connectivity index (χ2v) is 3.60. The number of nitrogens with two attached hydrogens (primary N) is 1. The van der Waals surface area contributed by atoms with Crippen LogP contribution < -0.4 is 11.1 Å². The molecule has 0 atom stereocenters. The molecule has 0 aliphatic heterocycles. The molecular formula is C12H11N5. The number of aryl methyl sites for hydroxylation is 1. The first-order chi connectivity index (χ1) is 8.19. The number of nitrogens with one attached hydrogen (secondary N) is 1. The van der Waals surface area contributed by atoms with Crippen LogP contribution >= 0.6 is 0 Å². The van der Waals surface area contributed by atoms with E-state index in [-0.39, 0.29) is 11.4 Å². The van der Waals surface area contributed by atoms with E-state index in [1.165, 1.54) is 6.20 Å². The van der Waals surface area contributed by atoms with E-state index in [1.807, 2.05) is 37.3 Å². The molecule has 5 nitrogen and oxygen atoms in total. The summed E-state index contributed by atoms with van der Waals surface area (Å²) in [4.78, 5) is 8.01. The number of aromatic nitrogens is 2. The van der Waals surface area contributed by atoms with Crippen molar-refractivity contribution in [3.8, 4) is 6.07 Å². The zero-order valence-electron chi connectivity index (χ0n) is 9.31. The van der Waals surface area contributed by atoms with Crippen molar-refractivity contribution in [1.29, 1.82) is 5.26 Å². The first-order valence-corrected chi connectivity index (χ1v) is 5.05. The van der Waals surface area contributed by atoms with Gasteiger partial charge >= 0.3 is 0 Å². The lowest BCUT2D eigenvalue weighted by Crippen LogP contribution is -2.02. The Morgan fingerprint density at radius 1 is 1.41 bits per heavy atom. The van der Waals surface area contributed by atoms with Crippen LogP contribution in [0.25, 0.3) is 0 Å². The Bertz CT molecular complexity index is 586. The number of nitriles is 1. The van der Waals surface area contributed by atoms with Crippen LogP contribution in [-0.2, 0) is 0 Å². The Balaban J connectivity index is 2.25. The third-order valence-electron chi connectivity index (χ3n) is 2.21. The molecule has 3 N–H and O–H groups in total. The highest BCUT2D eigenvalue weighted by atomic mass is 15.1. The van der Waals surface area contributed by atoms with Crippen molar-refractivity contribution in [3.05, 3.63) is 41.6 Å². The lowest BCUT2D eigenvalue weighted by Gasteiger charge is -2.06. The van der Waals surface area contributed by atoms with Crippen molar-refractivity contribution < 1.29 is 0 Å². The summed E-state index contributed by atoms with van der Waals surface area (Å²) in [5.74, 6) is 0.560. The molecule has 0 spiro atoms. The largest absolute Gasteiger partial charge is 0.382 e. The molecule has 0 radical (unpaired) electrons. The van der Waals surface area contributed by atoms with Gasteiger partial charge in [0.15, 0.2) is 0 Å². The van der Waals surface area contributed by atoms with Crippen LogP contribution in [-0.4, -0.2) is 9.97 Å². The lowest BCUT2D eigenvalue weighted by molar-refractivity contribution is 1.16. The summed E-state index contributed by atoms with van der Waals surface area (Å²) >= 11 is 0. The summed E-state index contributed by atoms with van der Waals surface area (Å²) in [7, 11) is 0. The Labute approximate surface area is 98.9 Å². The molecule has 17 heavy (non-hydrogen) atoms. The van der Waals surface area contributed by atoms with Crippen molar-refractivity contribution in [2.45, 2.75) is 6.92 Å². The van der Waals surface area contributed by atoms with Gasteiger partial charge in [0.25, 0.3) is 0 Å². The number of nitrogen functional groups attached to an aromatic ring is 1. The van der Waals surface area contributed by atoms with Crippen LogP contribution in [0.2, 0.25) is 0 Å². The van der Waals surface area contributed by atoms with E-state index in [4.69, 9.17) is 11.0 Å². The highest BCUT2D eigenvalue weighted by Gasteiger charge is 2.03. The molecule has 5 heteroatoms. The SMILES string of the molecule is Cc1cccc(Nc2ncc(C#N)c(N)n2)c1. The zero-order valence-corrected chi connectivity index (χ0v) is 9.31. The number of hydrogen-bond acceptors (Lipinski definition) is 5. The molecule has 1 aromatic heterocycles. The minimum atomic E-state index is 0.178. The lowest BCUT2D eigenvalue weighted by atomic mass is 10.2. The van der Waals surface area contributed by atoms with Gasteiger partial charge in [-0.25, -0.2) is 4.98 Å². The minimum Gasteiger partial charge on any atom is -0.382 e. The summed E-state index contributed by atoms with van der Waals surface area (Å²) in [6.45, 7) is 2.00. The van der Waals surface area contributed by atoms with Crippen molar-refractivity contribution in [3.63, 3.8) is 0 Å². The number of benzene rings is 1. The van der Waals surface area contributed by atoms with Crippen molar-refractivity contribution >= 4 is 17.5 Å².